The number of amides is 2. The van der Waals surface area contributed by atoms with E-state index in [1.54, 1.807) is 31.3 Å². The summed E-state index contributed by atoms with van der Waals surface area (Å²) < 4.78 is 0. The van der Waals surface area contributed by atoms with Crippen LogP contribution in [0.5, 0.6) is 0 Å². The van der Waals surface area contributed by atoms with Gasteiger partial charge < -0.3 is 21.7 Å². The first-order chi connectivity index (χ1) is 15.4. The summed E-state index contributed by atoms with van der Waals surface area (Å²) >= 11 is 1.05. The maximum Gasteiger partial charge on any atom is 0.239 e. The second kappa shape index (κ2) is 11.7. The van der Waals surface area contributed by atoms with Crippen molar-refractivity contribution in [3.8, 4) is 12.1 Å². The zero-order valence-electron chi connectivity index (χ0n) is 18.0. The van der Waals surface area contributed by atoms with E-state index in [0.29, 0.717) is 30.6 Å². The minimum Gasteiger partial charge on any atom is -0.368 e. The molecule has 1 unspecified atom stereocenters. The molecule has 1 aromatic heterocycles. The van der Waals surface area contributed by atoms with E-state index in [0.717, 1.165) is 11.8 Å². The lowest BCUT2D eigenvalue weighted by molar-refractivity contribution is -0.119. The van der Waals surface area contributed by atoms with Crippen LogP contribution in [0.1, 0.15) is 34.4 Å². The fourth-order valence-corrected chi connectivity index (χ4v) is 4.19. The SMILES string of the molecule is CCc1c(C#N)c(SC(C(N)=O)c2ccccc2)nc(N(C)CC(=O)NCCN)c1C#N. The van der Waals surface area contributed by atoms with Crippen molar-refractivity contribution < 1.29 is 9.59 Å². The molecule has 0 bridgehead atoms. The van der Waals surface area contributed by atoms with Gasteiger partial charge in [0.2, 0.25) is 11.8 Å². The second-order valence-corrected chi connectivity index (χ2v) is 7.95. The Balaban J connectivity index is 2.56. The van der Waals surface area contributed by atoms with Crippen LogP contribution in [-0.4, -0.2) is 43.5 Å². The average Bonchev–Trinajstić information content (AvgIpc) is 2.80. The topological polar surface area (TPSA) is 162 Å². The van der Waals surface area contributed by atoms with E-state index in [-0.39, 0.29) is 34.4 Å². The minimum absolute atomic E-state index is 0.0568. The third kappa shape index (κ3) is 5.76. The van der Waals surface area contributed by atoms with Crippen molar-refractivity contribution in [2.24, 2.45) is 11.5 Å². The third-order valence-corrected chi connectivity index (χ3v) is 5.88. The Morgan fingerprint density at radius 1 is 1.22 bits per heavy atom. The average molecular weight is 452 g/mol. The first kappa shape index (κ1) is 24.7. The maximum absolute atomic E-state index is 12.2. The Hall–Kier alpha value is -3.60. The number of likely N-dealkylation sites (N-methyl/N-ethyl adjacent to an activating group) is 1. The molecule has 0 aliphatic rings. The van der Waals surface area contributed by atoms with Crippen molar-refractivity contribution in [1.29, 1.82) is 10.5 Å². The first-order valence-corrected chi connectivity index (χ1v) is 10.8. The quantitative estimate of drug-likeness (QED) is 0.454. The van der Waals surface area contributed by atoms with Crippen molar-refractivity contribution in [1.82, 2.24) is 10.3 Å². The van der Waals surface area contributed by atoms with Crippen LogP contribution in [-0.2, 0) is 16.0 Å². The van der Waals surface area contributed by atoms with Gasteiger partial charge in [0.25, 0.3) is 0 Å². The van der Waals surface area contributed by atoms with Crippen LogP contribution in [0.4, 0.5) is 5.82 Å². The Morgan fingerprint density at radius 3 is 2.41 bits per heavy atom. The number of primary amides is 1. The smallest absolute Gasteiger partial charge is 0.239 e. The number of hydrogen-bond acceptors (Lipinski definition) is 8. The van der Waals surface area contributed by atoms with Crippen molar-refractivity contribution in [2.45, 2.75) is 23.6 Å². The van der Waals surface area contributed by atoms with E-state index in [9.17, 15) is 20.1 Å². The molecular formula is C22H25N7O2S. The van der Waals surface area contributed by atoms with Crippen molar-refractivity contribution in [3.05, 3.63) is 52.6 Å². The number of carbonyl (C=O) groups is 2. The first-order valence-electron chi connectivity index (χ1n) is 9.93. The Labute approximate surface area is 191 Å². The second-order valence-electron chi connectivity index (χ2n) is 6.85. The highest BCUT2D eigenvalue weighted by Gasteiger charge is 2.27. The monoisotopic (exact) mass is 451 g/mol. The summed E-state index contributed by atoms with van der Waals surface area (Å²) in [6, 6.07) is 13.2. The molecule has 166 valence electrons. The number of benzene rings is 1. The molecule has 1 atom stereocenters. The van der Waals surface area contributed by atoms with E-state index < -0.39 is 11.2 Å². The number of nitrogens with two attached hydrogens (primary N) is 2. The number of pyridine rings is 1. The molecule has 2 rings (SSSR count). The van der Waals surface area contributed by atoms with E-state index in [2.05, 4.69) is 22.4 Å². The fourth-order valence-electron chi connectivity index (χ4n) is 3.13. The Bertz CT molecular complexity index is 1060. The third-order valence-electron chi connectivity index (χ3n) is 4.62. The van der Waals surface area contributed by atoms with Gasteiger partial charge in [-0.05, 0) is 17.5 Å². The predicted octanol–water partition coefficient (Wildman–Crippen LogP) is 1.22. The van der Waals surface area contributed by atoms with Crippen LogP contribution < -0.4 is 21.7 Å². The van der Waals surface area contributed by atoms with Crippen molar-refractivity contribution in [2.75, 3.05) is 31.6 Å². The van der Waals surface area contributed by atoms with Crippen LogP contribution in [0.2, 0.25) is 0 Å². The molecule has 1 aromatic carbocycles. The number of aromatic nitrogens is 1. The molecule has 0 aliphatic heterocycles. The molecule has 10 heteroatoms. The molecule has 0 fully saturated rings. The predicted molar refractivity (Wildman–Crippen MR) is 123 cm³/mol. The molecule has 0 saturated heterocycles. The largest absolute Gasteiger partial charge is 0.368 e. The van der Waals surface area contributed by atoms with Crippen LogP contribution in [0, 0.1) is 22.7 Å². The number of hydrogen-bond donors (Lipinski definition) is 3. The molecule has 0 saturated carbocycles. The van der Waals surface area contributed by atoms with Crippen molar-refractivity contribution in [3.63, 3.8) is 0 Å². The van der Waals surface area contributed by atoms with Gasteiger partial charge >= 0.3 is 0 Å². The number of nitrogens with one attached hydrogen (secondary N) is 1. The van der Waals surface area contributed by atoms with Gasteiger partial charge in [0, 0.05) is 20.1 Å². The molecule has 0 radical (unpaired) electrons. The molecule has 0 spiro atoms. The Kier molecular flexibility index (Phi) is 9.02. The summed E-state index contributed by atoms with van der Waals surface area (Å²) in [4.78, 5) is 30.4. The number of carbonyl (C=O) groups excluding carboxylic acids is 2. The van der Waals surface area contributed by atoms with Gasteiger partial charge in [-0.25, -0.2) is 4.98 Å². The van der Waals surface area contributed by atoms with Crippen LogP contribution in [0.15, 0.2) is 35.4 Å². The number of thioether (sulfide) groups is 1. The highest BCUT2D eigenvalue weighted by atomic mass is 32.2. The van der Waals surface area contributed by atoms with E-state index >= 15 is 0 Å². The normalized spacial score (nSPS) is 11.2. The van der Waals surface area contributed by atoms with Gasteiger partial charge in [0.15, 0.2) is 0 Å². The molecule has 2 amide bonds. The standard InChI is InChI=1S/C22H25N7O2S/c1-3-15-16(11-24)21(29(2)13-18(30)27-10-9-23)28-22(17(15)12-25)32-19(20(26)31)14-7-5-4-6-8-14/h4-8,19H,3,9-10,13,23H2,1-2H3,(H2,26,31)(H,27,30). The Morgan fingerprint density at radius 2 is 1.88 bits per heavy atom. The van der Waals surface area contributed by atoms with E-state index in [1.165, 1.54) is 4.90 Å². The van der Waals surface area contributed by atoms with Gasteiger partial charge in [-0.2, -0.15) is 10.5 Å². The zero-order valence-corrected chi connectivity index (χ0v) is 18.8. The molecule has 2 aromatic rings. The summed E-state index contributed by atoms with van der Waals surface area (Å²) in [5.74, 6) is -0.602. The van der Waals surface area contributed by atoms with Crippen LogP contribution >= 0.6 is 11.8 Å². The van der Waals surface area contributed by atoms with Gasteiger partial charge in [-0.1, -0.05) is 49.0 Å². The highest BCUT2D eigenvalue weighted by Crippen LogP contribution is 2.39. The minimum atomic E-state index is -0.778. The number of nitrogens with zero attached hydrogens (tertiary/aromatic N) is 4. The molecular weight excluding hydrogens is 426 g/mol. The molecule has 0 aliphatic carbocycles. The summed E-state index contributed by atoms with van der Waals surface area (Å²) in [7, 11) is 1.63. The number of nitriles is 2. The lowest BCUT2D eigenvalue weighted by Crippen LogP contribution is -2.38. The summed E-state index contributed by atoms with van der Waals surface area (Å²) in [5.41, 5.74) is 12.7. The van der Waals surface area contributed by atoms with Gasteiger partial charge in [-0.3, -0.25) is 9.59 Å². The van der Waals surface area contributed by atoms with Gasteiger partial charge in [0.1, 0.15) is 28.2 Å². The molecule has 5 N–H and O–H groups in total. The van der Waals surface area contributed by atoms with E-state index in [1.807, 2.05) is 13.0 Å². The van der Waals surface area contributed by atoms with Crippen LogP contribution in [0.25, 0.3) is 0 Å². The highest BCUT2D eigenvalue weighted by molar-refractivity contribution is 8.00. The summed E-state index contributed by atoms with van der Waals surface area (Å²) in [6.07, 6.45) is 0.397. The molecule has 1 heterocycles. The maximum atomic E-state index is 12.2. The summed E-state index contributed by atoms with van der Waals surface area (Å²) in [5, 5.41) is 21.8. The van der Waals surface area contributed by atoms with Gasteiger partial charge in [0.05, 0.1) is 17.7 Å². The summed E-state index contributed by atoms with van der Waals surface area (Å²) in [6.45, 7) is 2.41. The number of rotatable bonds is 10. The lowest BCUT2D eigenvalue weighted by Gasteiger charge is -2.23. The number of anilines is 1. The van der Waals surface area contributed by atoms with Crippen molar-refractivity contribution >= 4 is 29.4 Å². The van der Waals surface area contributed by atoms with Gasteiger partial charge in [-0.15, -0.1) is 0 Å². The molecule has 32 heavy (non-hydrogen) atoms. The lowest BCUT2D eigenvalue weighted by atomic mass is 10.0. The molecule has 9 nitrogen and oxygen atoms in total. The fraction of sp³-hybridized carbons (Fsp3) is 0.318. The zero-order chi connectivity index (χ0) is 23.7. The van der Waals surface area contributed by atoms with Crippen LogP contribution in [0.3, 0.4) is 0 Å². The van der Waals surface area contributed by atoms with E-state index in [4.69, 9.17) is 11.5 Å².